The standard InChI is InChI=1S/C11H22ClNO/c1-10(7-14-2)13-9-11(8-12)5-3-4-6-11/h10,13H,3-9H2,1-2H3. The summed E-state index contributed by atoms with van der Waals surface area (Å²) < 4.78 is 5.09. The van der Waals surface area contributed by atoms with Crippen LogP contribution in [0.1, 0.15) is 32.6 Å². The average molecular weight is 220 g/mol. The summed E-state index contributed by atoms with van der Waals surface area (Å²) in [6, 6.07) is 0.431. The Bertz CT molecular complexity index is 157. The molecule has 0 spiro atoms. The fraction of sp³-hybridized carbons (Fsp3) is 1.00. The number of halogens is 1. The maximum Gasteiger partial charge on any atom is 0.0613 e. The number of hydrogen-bond acceptors (Lipinski definition) is 2. The molecule has 0 aromatic heterocycles. The van der Waals surface area contributed by atoms with Gasteiger partial charge in [-0.1, -0.05) is 12.8 Å². The highest BCUT2D eigenvalue weighted by Crippen LogP contribution is 2.38. The molecule has 0 saturated heterocycles. The summed E-state index contributed by atoms with van der Waals surface area (Å²) in [5.74, 6) is 0.791. The zero-order valence-electron chi connectivity index (χ0n) is 9.31. The minimum absolute atomic E-state index is 0.365. The molecule has 1 aliphatic carbocycles. The van der Waals surface area contributed by atoms with Crippen LogP contribution in [0.2, 0.25) is 0 Å². The summed E-state index contributed by atoms with van der Waals surface area (Å²) in [6.07, 6.45) is 5.24. The largest absolute Gasteiger partial charge is 0.383 e. The Balaban J connectivity index is 2.27. The predicted octanol–water partition coefficient (Wildman–Crippen LogP) is 2.41. The van der Waals surface area contributed by atoms with Crippen LogP contribution < -0.4 is 5.32 Å². The molecule has 0 aromatic rings. The van der Waals surface area contributed by atoms with Crippen molar-refractivity contribution in [2.45, 2.75) is 38.6 Å². The SMILES string of the molecule is COCC(C)NCC1(CCl)CCCC1. The second kappa shape index (κ2) is 5.94. The van der Waals surface area contributed by atoms with Crippen LogP contribution in [0.4, 0.5) is 0 Å². The molecule has 14 heavy (non-hydrogen) atoms. The van der Waals surface area contributed by atoms with E-state index >= 15 is 0 Å². The highest BCUT2D eigenvalue weighted by Gasteiger charge is 2.32. The van der Waals surface area contributed by atoms with Crippen molar-refractivity contribution in [3.63, 3.8) is 0 Å². The molecule has 0 radical (unpaired) electrons. The third-order valence-electron chi connectivity index (χ3n) is 3.19. The van der Waals surface area contributed by atoms with Crippen LogP contribution in [0.5, 0.6) is 0 Å². The van der Waals surface area contributed by atoms with Gasteiger partial charge in [-0.05, 0) is 25.2 Å². The lowest BCUT2D eigenvalue weighted by Crippen LogP contribution is -2.40. The van der Waals surface area contributed by atoms with Crippen molar-refractivity contribution in [1.82, 2.24) is 5.32 Å². The van der Waals surface area contributed by atoms with E-state index in [-0.39, 0.29) is 0 Å². The van der Waals surface area contributed by atoms with Crippen LogP contribution >= 0.6 is 11.6 Å². The maximum atomic E-state index is 6.05. The van der Waals surface area contributed by atoms with E-state index in [9.17, 15) is 0 Å². The minimum atomic E-state index is 0.365. The van der Waals surface area contributed by atoms with Crippen LogP contribution in [0.25, 0.3) is 0 Å². The fourth-order valence-corrected chi connectivity index (χ4v) is 2.54. The average Bonchev–Trinajstić information content (AvgIpc) is 2.65. The Hall–Kier alpha value is 0.210. The number of methoxy groups -OCH3 is 1. The number of hydrogen-bond donors (Lipinski definition) is 1. The van der Waals surface area contributed by atoms with E-state index in [1.165, 1.54) is 25.7 Å². The molecule has 1 rings (SSSR count). The Kier molecular flexibility index (Phi) is 5.21. The van der Waals surface area contributed by atoms with E-state index in [1.807, 2.05) is 0 Å². The molecule has 2 nitrogen and oxygen atoms in total. The van der Waals surface area contributed by atoms with Crippen molar-refractivity contribution in [1.29, 1.82) is 0 Å². The third kappa shape index (κ3) is 3.41. The van der Waals surface area contributed by atoms with E-state index in [2.05, 4.69) is 12.2 Å². The number of ether oxygens (including phenoxy) is 1. The van der Waals surface area contributed by atoms with Gasteiger partial charge in [0.05, 0.1) is 6.61 Å². The first-order valence-corrected chi connectivity index (χ1v) is 6.04. The van der Waals surface area contributed by atoms with Crippen molar-refractivity contribution in [2.75, 3.05) is 26.1 Å². The van der Waals surface area contributed by atoms with Crippen LogP contribution in [-0.4, -0.2) is 32.2 Å². The Labute approximate surface area is 92.3 Å². The molecule has 1 aliphatic rings. The molecule has 1 N–H and O–H groups in total. The van der Waals surface area contributed by atoms with Gasteiger partial charge in [-0.3, -0.25) is 0 Å². The molecule has 3 heteroatoms. The van der Waals surface area contributed by atoms with Gasteiger partial charge in [0, 0.05) is 25.6 Å². The van der Waals surface area contributed by atoms with Crippen LogP contribution in [0.15, 0.2) is 0 Å². The summed E-state index contributed by atoms with van der Waals surface area (Å²) >= 11 is 6.05. The molecule has 84 valence electrons. The second-order valence-electron chi connectivity index (χ2n) is 4.58. The molecule has 1 saturated carbocycles. The first-order chi connectivity index (χ1) is 6.72. The van der Waals surface area contributed by atoms with Crippen molar-refractivity contribution >= 4 is 11.6 Å². The Morgan fingerprint density at radius 2 is 2.07 bits per heavy atom. The van der Waals surface area contributed by atoms with Crippen molar-refractivity contribution < 1.29 is 4.74 Å². The quantitative estimate of drug-likeness (QED) is 0.693. The number of rotatable bonds is 6. The van der Waals surface area contributed by atoms with Gasteiger partial charge in [0.2, 0.25) is 0 Å². The lowest BCUT2D eigenvalue weighted by molar-refractivity contribution is 0.164. The molecule has 0 aliphatic heterocycles. The van der Waals surface area contributed by atoms with Crippen molar-refractivity contribution in [3.05, 3.63) is 0 Å². The van der Waals surface area contributed by atoms with E-state index in [0.717, 1.165) is 19.0 Å². The van der Waals surface area contributed by atoms with Gasteiger partial charge < -0.3 is 10.1 Å². The molecule has 1 unspecified atom stereocenters. The van der Waals surface area contributed by atoms with Crippen LogP contribution in [0.3, 0.4) is 0 Å². The Morgan fingerprint density at radius 3 is 2.57 bits per heavy atom. The Morgan fingerprint density at radius 1 is 1.43 bits per heavy atom. The molecular weight excluding hydrogens is 198 g/mol. The number of alkyl halides is 1. The van der Waals surface area contributed by atoms with Crippen molar-refractivity contribution in [2.24, 2.45) is 5.41 Å². The second-order valence-corrected chi connectivity index (χ2v) is 4.85. The van der Waals surface area contributed by atoms with Gasteiger partial charge in [0.15, 0.2) is 0 Å². The van der Waals surface area contributed by atoms with E-state index in [1.54, 1.807) is 7.11 Å². The smallest absolute Gasteiger partial charge is 0.0613 e. The topological polar surface area (TPSA) is 21.3 Å². The minimum Gasteiger partial charge on any atom is -0.383 e. The van der Waals surface area contributed by atoms with Crippen molar-refractivity contribution in [3.8, 4) is 0 Å². The number of nitrogens with one attached hydrogen (secondary N) is 1. The summed E-state index contributed by atoms with van der Waals surface area (Å²) in [5, 5.41) is 3.51. The van der Waals surface area contributed by atoms with Crippen LogP contribution in [0, 0.1) is 5.41 Å². The zero-order valence-corrected chi connectivity index (χ0v) is 10.1. The van der Waals surface area contributed by atoms with Gasteiger partial charge in [-0.15, -0.1) is 11.6 Å². The van der Waals surface area contributed by atoms with Gasteiger partial charge in [0.25, 0.3) is 0 Å². The molecule has 1 atom stereocenters. The normalized spacial score (nSPS) is 22.5. The van der Waals surface area contributed by atoms with E-state index in [0.29, 0.717) is 11.5 Å². The lowest BCUT2D eigenvalue weighted by atomic mass is 9.88. The molecule has 0 aromatic carbocycles. The molecule has 0 amide bonds. The zero-order chi connectivity index (χ0) is 10.4. The highest BCUT2D eigenvalue weighted by molar-refractivity contribution is 6.18. The van der Waals surface area contributed by atoms with Crippen LogP contribution in [-0.2, 0) is 4.74 Å². The summed E-state index contributed by atoms with van der Waals surface area (Å²) in [6.45, 7) is 3.97. The van der Waals surface area contributed by atoms with E-state index in [4.69, 9.17) is 16.3 Å². The summed E-state index contributed by atoms with van der Waals surface area (Å²) in [7, 11) is 1.74. The summed E-state index contributed by atoms with van der Waals surface area (Å²) in [4.78, 5) is 0. The predicted molar refractivity (Wildman–Crippen MR) is 61.0 cm³/mol. The van der Waals surface area contributed by atoms with Gasteiger partial charge in [-0.2, -0.15) is 0 Å². The van der Waals surface area contributed by atoms with Gasteiger partial charge >= 0.3 is 0 Å². The summed E-state index contributed by atoms with van der Waals surface area (Å²) in [5.41, 5.74) is 0.365. The monoisotopic (exact) mass is 219 g/mol. The third-order valence-corrected chi connectivity index (χ3v) is 3.76. The maximum absolute atomic E-state index is 6.05. The van der Waals surface area contributed by atoms with Gasteiger partial charge in [-0.25, -0.2) is 0 Å². The van der Waals surface area contributed by atoms with E-state index < -0.39 is 0 Å². The first-order valence-electron chi connectivity index (χ1n) is 5.51. The van der Waals surface area contributed by atoms with Gasteiger partial charge in [0.1, 0.15) is 0 Å². The molecule has 1 fully saturated rings. The molecule has 0 heterocycles. The molecule has 0 bridgehead atoms. The fourth-order valence-electron chi connectivity index (χ4n) is 2.18. The first kappa shape index (κ1) is 12.3. The lowest BCUT2D eigenvalue weighted by Gasteiger charge is -2.28. The molecular formula is C11H22ClNO. The highest BCUT2D eigenvalue weighted by atomic mass is 35.5.